The second kappa shape index (κ2) is 7.72. The molecule has 0 fully saturated rings. The minimum absolute atomic E-state index is 0.255. The van der Waals surface area contributed by atoms with Gasteiger partial charge in [-0.2, -0.15) is 0 Å². The van der Waals surface area contributed by atoms with E-state index in [2.05, 4.69) is 5.32 Å². The smallest absolute Gasteiger partial charge is 0.255 e. The van der Waals surface area contributed by atoms with E-state index in [1.165, 1.54) is 23.8 Å². The molecule has 1 aromatic heterocycles. The topological polar surface area (TPSA) is 51.2 Å². The molecule has 0 spiro atoms. The van der Waals surface area contributed by atoms with Crippen molar-refractivity contribution in [3.63, 3.8) is 0 Å². The van der Waals surface area contributed by atoms with Crippen LogP contribution in [0.4, 0.5) is 10.1 Å². The Labute approximate surface area is 168 Å². The third-order valence-electron chi connectivity index (χ3n) is 4.68. The number of nitrogens with one attached hydrogen (secondary N) is 1. The van der Waals surface area contributed by atoms with Gasteiger partial charge in [0.1, 0.15) is 11.6 Å². The molecule has 0 atom stereocenters. The molecule has 0 aliphatic carbocycles. The number of methoxy groups -OCH3 is 1. The summed E-state index contributed by atoms with van der Waals surface area (Å²) in [6.07, 6.45) is 0. The van der Waals surface area contributed by atoms with E-state index in [0.717, 1.165) is 22.2 Å². The zero-order valence-electron chi connectivity index (χ0n) is 16.1. The summed E-state index contributed by atoms with van der Waals surface area (Å²) in [7, 11) is 1.60. The van der Waals surface area contributed by atoms with E-state index < -0.39 is 5.82 Å². The summed E-state index contributed by atoms with van der Waals surface area (Å²) in [6, 6.07) is 21.0. The summed E-state index contributed by atoms with van der Waals surface area (Å²) < 4.78 is 18.9. The molecule has 4 aromatic rings. The molecule has 144 valence electrons. The second-order valence-corrected chi connectivity index (χ2v) is 6.77. The van der Waals surface area contributed by atoms with Crippen molar-refractivity contribution >= 4 is 22.5 Å². The lowest BCUT2D eigenvalue weighted by molar-refractivity contribution is 0.102. The third-order valence-corrected chi connectivity index (χ3v) is 4.68. The zero-order valence-corrected chi connectivity index (χ0v) is 16.1. The number of benzene rings is 3. The van der Waals surface area contributed by atoms with E-state index >= 15 is 0 Å². The maximum absolute atomic E-state index is 13.4. The number of nitrogens with zero attached hydrogens (tertiary/aromatic N) is 1. The highest BCUT2D eigenvalue weighted by Crippen LogP contribution is 2.32. The highest BCUT2D eigenvalue weighted by Gasteiger charge is 2.11. The zero-order chi connectivity index (χ0) is 20.4. The van der Waals surface area contributed by atoms with Crippen LogP contribution >= 0.6 is 0 Å². The van der Waals surface area contributed by atoms with Gasteiger partial charge in [0.15, 0.2) is 0 Å². The fourth-order valence-electron chi connectivity index (χ4n) is 3.15. The van der Waals surface area contributed by atoms with Crippen LogP contribution in [0.5, 0.6) is 5.75 Å². The maximum atomic E-state index is 13.4. The predicted molar refractivity (Wildman–Crippen MR) is 113 cm³/mol. The van der Waals surface area contributed by atoms with Crippen LogP contribution in [-0.4, -0.2) is 18.0 Å². The number of ether oxygens (including phenoxy) is 1. The number of halogens is 1. The highest BCUT2D eigenvalue weighted by molar-refractivity contribution is 6.05. The van der Waals surface area contributed by atoms with Crippen molar-refractivity contribution in [2.45, 2.75) is 6.92 Å². The fourth-order valence-corrected chi connectivity index (χ4v) is 3.15. The Morgan fingerprint density at radius 2 is 1.79 bits per heavy atom. The predicted octanol–water partition coefficient (Wildman–Crippen LogP) is 5.61. The number of carbonyl (C=O) groups excluding carboxylic acids is 1. The Balaban J connectivity index is 1.69. The average Bonchev–Trinajstić information content (AvgIpc) is 2.73. The van der Waals surface area contributed by atoms with E-state index in [0.29, 0.717) is 11.4 Å². The van der Waals surface area contributed by atoms with Crippen LogP contribution in [0.15, 0.2) is 72.8 Å². The molecule has 0 aliphatic rings. The summed E-state index contributed by atoms with van der Waals surface area (Å²) in [6.45, 7) is 2.04. The Kier molecular flexibility index (Phi) is 4.96. The van der Waals surface area contributed by atoms with Crippen LogP contribution in [-0.2, 0) is 0 Å². The van der Waals surface area contributed by atoms with Gasteiger partial charge in [-0.1, -0.05) is 35.9 Å². The number of aryl methyl sites for hydroxylation is 1. The van der Waals surface area contributed by atoms with Crippen molar-refractivity contribution in [2.24, 2.45) is 0 Å². The van der Waals surface area contributed by atoms with Gasteiger partial charge in [-0.05, 0) is 43.3 Å². The van der Waals surface area contributed by atoms with Crippen molar-refractivity contribution in [2.75, 3.05) is 12.4 Å². The number of amides is 1. The van der Waals surface area contributed by atoms with Crippen molar-refractivity contribution in [3.05, 3.63) is 89.7 Å². The lowest BCUT2D eigenvalue weighted by Crippen LogP contribution is -2.12. The molecule has 4 nitrogen and oxygen atoms in total. The maximum Gasteiger partial charge on any atom is 0.255 e. The van der Waals surface area contributed by atoms with Gasteiger partial charge in [0.25, 0.3) is 5.91 Å². The fraction of sp³-hybridized carbons (Fsp3) is 0.0833. The number of carbonyl (C=O) groups is 1. The summed E-state index contributed by atoms with van der Waals surface area (Å²) >= 11 is 0. The van der Waals surface area contributed by atoms with Crippen LogP contribution in [0.1, 0.15) is 15.9 Å². The minimum Gasteiger partial charge on any atom is -0.496 e. The molecule has 3 aromatic carbocycles. The van der Waals surface area contributed by atoms with E-state index in [4.69, 9.17) is 9.72 Å². The van der Waals surface area contributed by atoms with Gasteiger partial charge in [0.2, 0.25) is 0 Å². The molecule has 1 N–H and O–H groups in total. The molecule has 0 bridgehead atoms. The largest absolute Gasteiger partial charge is 0.496 e. The van der Waals surface area contributed by atoms with E-state index in [1.54, 1.807) is 25.3 Å². The van der Waals surface area contributed by atoms with Gasteiger partial charge in [0.05, 0.1) is 18.3 Å². The van der Waals surface area contributed by atoms with Gasteiger partial charge in [-0.25, -0.2) is 9.37 Å². The van der Waals surface area contributed by atoms with Crippen LogP contribution < -0.4 is 10.1 Å². The van der Waals surface area contributed by atoms with E-state index in [-0.39, 0.29) is 11.5 Å². The van der Waals surface area contributed by atoms with Gasteiger partial charge < -0.3 is 10.1 Å². The average molecular weight is 386 g/mol. The first-order chi connectivity index (χ1) is 14.0. The SMILES string of the molecule is COc1cc(-c2ccc(C)cc2)nc2ccc(NC(=O)c3cccc(F)c3)cc12. The summed E-state index contributed by atoms with van der Waals surface area (Å²) in [5.74, 6) is -0.176. The lowest BCUT2D eigenvalue weighted by atomic mass is 10.1. The van der Waals surface area contributed by atoms with Gasteiger partial charge >= 0.3 is 0 Å². The number of pyridine rings is 1. The monoisotopic (exact) mass is 386 g/mol. The van der Waals surface area contributed by atoms with Crippen LogP contribution in [0.2, 0.25) is 0 Å². The number of fused-ring (bicyclic) bond motifs is 1. The molecule has 1 heterocycles. The molecule has 0 radical (unpaired) electrons. The van der Waals surface area contributed by atoms with Crippen molar-refractivity contribution in [3.8, 4) is 17.0 Å². The summed E-state index contributed by atoms with van der Waals surface area (Å²) in [4.78, 5) is 17.1. The molecular formula is C24H19FN2O2. The highest BCUT2D eigenvalue weighted by atomic mass is 19.1. The first-order valence-electron chi connectivity index (χ1n) is 9.16. The van der Waals surface area contributed by atoms with Gasteiger partial charge in [-0.3, -0.25) is 4.79 Å². The molecule has 0 unspecified atom stereocenters. The van der Waals surface area contributed by atoms with Crippen LogP contribution in [0, 0.1) is 12.7 Å². The first kappa shape index (κ1) is 18.6. The normalized spacial score (nSPS) is 10.7. The van der Waals surface area contributed by atoms with E-state index in [1.807, 2.05) is 43.3 Å². The Hall–Kier alpha value is -3.73. The molecule has 0 saturated carbocycles. The van der Waals surface area contributed by atoms with Gasteiger partial charge in [0, 0.05) is 28.3 Å². The summed E-state index contributed by atoms with van der Waals surface area (Å²) in [5, 5.41) is 3.57. The number of aromatic nitrogens is 1. The van der Waals surface area contributed by atoms with Crippen molar-refractivity contribution in [1.82, 2.24) is 4.98 Å². The molecular weight excluding hydrogens is 367 g/mol. The number of rotatable bonds is 4. The third kappa shape index (κ3) is 3.94. The lowest BCUT2D eigenvalue weighted by Gasteiger charge is -2.11. The second-order valence-electron chi connectivity index (χ2n) is 6.77. The number of hydrogen-bond acceptors (Lipinski definition) is 3. The standard InChI is InChI=1S/C24H19FN2O2/c1-15-6-8-16(9-7-15)22-14-23(29-2)20-13-19(10-11-21(20)27-22)26-24(28)17-4-3-5-18(25)12-17/h3-14H,1-2H3,(H,26,28). The Morgan fingerprint density at radius 3 is 2.52 bits per heavy atom. The van der Waals surface area contributed by atoms with Gasteiger partial charge in [-0.15, -0.1) is 0 Å². The van der Waals surface area contributed by atoms with Crippen LogP contribution in [0.3, 0.4) is 0 Å². The Morgan fingerprint density at radius 1 is 1.00 bits per heavy atom. The molecule has 5 heteroatoms. The number of anilines is 1. The first-order valence-corrected chi connectivity index (χ1v) is 9.16. The molecule has 0 saturated heterocycles. The molecule has 29 heavy (non-hydrogen) atoms. The number of hydrogen-bond donors (Lipinski definition) is 1. The summed E-state index contributed by atoms with van der Waals surface area (Å²) in [5.41, 5.74) is 4.58. The van der Waals surface area contributed by atoms with Crippen molar-refractivity contribution in [1.29, 1.82) is 0 Å². The quantitative estimate of drug-likeness (QED) is 0.496. The minimum atomic E-state index is -0.453. The van der Waals surface area contributed by atoms with E-state index in [9.17, 15) is 9.18 Å². The van der Waals surface area contributed by atoms with Crippen molar-refractivity contribution < 1.29 is 13.9 Å². The molecule has 0 aliphatic heterocycles. The van der Waals surface area contributed by atoms with Crippen LogP contribution in [0.25, 0.3) is 22.2 Å². The molecule has 1 amide bonds. The Bertz CT molecular complexity index is 1200. The molecule has 4 rings (SSSR count).